The molecule has 8 heteroatoms. The molecule has 3 aromatic heterocycles. The maximum atomic E-state index is 14.0. The molecule has 4 aromatic rings. The molecule has 1 saturated heterocycles. The SMILES string of the molecule is Cc1cc2c(cn1)C(N)C1(CCN(c3nccn4c(-c5cccc(F)c5Cl)ncc34)CC1)C2. The molecular weight excluding hydrogens is 439 g/mol. The van der Waals surface area contributed by atoms with Crippen LogP contribution in [0.5, 0.6) is 0 Å². The van der Waals surface area contributed by atoms with E-state index in [9.17, 15) is 4.39 Å². The second-order valence-corrected chi connectivity index (χ2v) is 9.60. The number of hydrogen-bond acceptors (Lipinski definition) is 5. The first-order valence-corrected chi connectivity index (χ1v) is 11.6. The minimum atomic E-state index is -0.458. The summed E-state index contributed by atoms with van der Waals surface area (Å²) < 4.78 is 16.0. The van der Waals surface area contributed by atoms with Gasteiger partial charge in [0.2, 0.25) is 0 Å². The Labute approximate surface area is 196 Å². The molecular formula is C25H24ClFN6. The summed E-state index contributed by atoms with van der Waals surface area (Å²) in [6.07, 6.45) is 10.3. The topological polar surface area (TPSA) is 72.3 Å². The molecule has 4 heterocycles. The summed E-state index contributed by atoms with van der Waals surface area (Å²) in [7, 11) is 0. The molecule has 1 aromatic carbocycles. The third-order valence-corrected chi connectivity index (χ3v) is 7.77. The summed E-state index contributed by atoms with van der Waals surface area (Å²) in [5, 5.41) is 0.0720. The van der Waals surface area contributed by atoms with Gasteiger partial charge in [-0.2, -0.15) is 0 Å². The molecule has 6 rings (SSSR count). The van der Waals surface area contributed by atoms with Crippen molar-refractivity contribution in [3.63, 3.8) is 0 Å². The van der Waals surface area contributed by atoms with Crippen LogP contribution in [0.3, 0.4) is 0 Å². The highest BCUT2D eigenvalue weighted by molar-refractivity contribution is 6.33. The van der Waals surface area contributed by atoms with Crippen LogP contribution in [-0.4, -0.2) is 32.4 Å². The number of aromatic nitrogens is 4. The van der Waals surface area contributed by atoms with Crippen LogP contribution in [0.15, 0.2) is 49.1 Å². The molecule has 0 bridgehead atoms. The minimum absolute atomic E-state index is 0.0168. The molecule has 0 amide bonds. The molecule has 1 atom stereocenters. The number of anilines is 1. The van der Waals surface area contributed by atoms with E-state index in [1.807, 2.05) is 23.7 Å². The smallest absolute Gasteiger partial charge is 0.154 e. The number of piperidine rings is 1. The monoisotopic (exact) mass is 462 g/mol. The molecule has 168 valence electrons. The standard InChI is InChI=1S/C25H24ClFN6/c1-15-11-16-12-25(22(28)18(16)13-30-15)5-8-32(9-6-25)24-20-14-31-23(33(20)10-7-29-24)17-3-2-4-19(27)21(17)26/h2-4,7,10-11,13-14,22H,5-6,8-9,12,28H2,1H3. The van der Waals surface area contributed by atoms with Crippen LogP contribution in [0, 0.1) is 18.2 Å². The van der Waals surface area contributed by atoms with Crippen molar-refractivity contribution in [1.29, 1.82) is 0 Å². The van der Waals surface area contributed by atoms with Gasteiger partial charge in [-0.3, -0.25) is 9.38 Å². The van der Waals surface area contributed by atoms with Crippen LogP contribution in [0.4, 0.5) is 10.2 Å². The van der Waals surface area contributed by atoms with Gasteiger partial charge in [-0.15, -0.1) is 0 Å². The van der Waals surface area contributed by atoms with Crippen LogP contribution >= 0.6 is 11.6 Å². The fourth-order valence-electron chi connectivity index (χ4n) is 5.56. The van der Waals surface area contributed by atoms with Crippen molar-refractivity contribution >= 4 is 22.9 Å². The summed E-state index contributed by atoms with van der Waals surface area (Å²) in [5.41, 5.74) is 11.8. The highest BCUT2D eigenvalue weighted by atomic mass is 35.5. The van der Waals surface area contributed by atoms with E-state index in [0.29, 0.717) is 11.4 Å². The van der Waals surface area contributed by atoms with Gasteiger partial charge < -0.3 is 10.6 Å². The molecule has 2 N–H and O–H groups in total. The van der Waals surface area contributed by atoms with Crippen molar-refractivity contribution in [2.24, 2.45) is 11.1 Å². The highest BCUT2D eigenvalue weighted by Gasteiger charge is 2.46. The van der Waals surface area contributed by atoms with Gasteiger partial charge in [-0.05, 0) is 60.9 Å². The fraction of sp³-hybridized carbons (Fsp3) is 0.320. The van der Waals surface area contributed by atoms with Crippen molar-refractivity contribution in [3.05, 3.63) is 76.7 Å². The van der Waals surface area contributed by atoms with E-state index < -0.39 is 5.82 Å². The van der Waals surface area contributed by atoms with Gasteiger partial charge >= 0.3 is 0 Å². The van der Waals surface area contributed by atoms with Gasteiger partial charge in [0.05, 0.1) is 11.2 Å². The first-order valence-electron chi connectivity index (χ1n) is 11.2. The number of imidazole rings is 1. The lowest BCUT2D eigenvalue weighted by Crippen LogP contribution is -2.44. The Morgan fingerprint density at radius 1 is 1.15 bits per heavy atom. The van der Waals surface area contributed by atoms with Crippen molar-refractivity contribution in [2.75, 3.05) is 18.0 Å². The average molecular weight is 463 g/mol. The van der Waals surface area contributed by atoms with Gasteiger partial charge in [0, 0.05) is 49.0 Å². The lowest BCUT2D eigenvalue weighted by Gasteiger charge is -2.42. The average Bonchev–Trinajstić information content (AvgIpc) is 3.35. The quantitative estimate of drug-likeness (QED) is 0.466. The van der Waals surface area contributed by atoms with Gasteiger partial charge in [-0.25, -0.2) is 14.4 Å². The van der Waals surface area contributed by atoms with Crippen molar-refractivity contribution < 1.29 is 4.39 Å². The normalized spacial score (nSPS) is 19.4. The summed E-state index contributed by atoms with van der Waals surface area (Å²) >= 11 is 6.23. The zero-order valence-electron chi connectivity index (χ0n) is 18.3. The Morgan fingerprint density at radius 3 is 2.79 bits per heavy atom. The molecule has 1 unspecified atom stereocenters. The first-order chi connectivity index (χ1) is 16.0. The van der Waals surface area contributed by atoms with Crippen molar-refractivity contribution in [3.8, 4) is 11.4 Å². The second kappa shape index (κ2) is 7.50. The number of nitrogens with two attached hydrogens (primary N) is 1. The third-order valence-electron chi connectivity index (χ3n) is 7.39. The maximum absolute atomic E-state index is 14.0. The zero-order chi connectivity index (χ0) is 22.7. The number of pyridine rings is 1. The van der Waals surface area contributed by atoms with E-state index in [0.717, 1.165) is 49.4 Å². The van der Waals surface area contributed by atoms with Crippen LogP contribution in [0.25, 0.3) is 16.9 Å². The Kier molecular flexibility index (Phi) is 4.67. The van der Waals surface area contributed by atoms with Crippen LogP contribution in [-0.2, 0) is 6.42 Å². The summed E-state index contributed by atoms with van der Waals surface area (Å²) in [6.45, 7) is 3.76. The van der Waals surface area contributed by atoms with E-state index in [4.69, 9.17) is 17.3 Å². The van der Waals surface area contributed by atoms with Gasteiger partial charge in [0.15, 0.2) is 5.82 Å². The van der Waals surface area contributed by atoms with Gasteiger partial charge in [-0.1, -0.05) is 17.7 Å². The molecule has 33 heavy (non-hydrogen) atoms. The van der Waals surface area contributed by atoms with E-state index in [-0.39, 0.29) is 16.5 Å². The largest absolute Gasteiger partial charge is 0.355 e. The number of aryl methyl sites for hydroxylation is 1. The van der Waals surface area contributed by atoms with E-state index in [1.54, 1.807) is 24.5 Å². The maximum Gasteiger partial charge on any atom is 0.154 e. The van der Waals surface area contributed by atoms with Gasteiger partial charge in [0.25, 0.3) is 0 Å². The molecule has 1 fully saturated rings. The lowest BCUT2D eigenvalue weighted by molar-refractivity contribution is 0.187. The van der Waals surface area contributed by atoms with Crippen molar-refractivity contribution in [2.45, 2.75) is 32.2 Å². The minimum Gasteiger partial charge on any atom is -0.355 e. The van der Waals surface area contributed by atoms with E-state index in [2.05, 4.69) is 25.9 Å². The molecule has 1 aliphatic carbocycles. The van der Waals surface area contributed by atoms with E-state index in [1.165, 1.54) is 17.2 Å². The summed E-state index contributed by atoms with van der Waals surface area (Å²) in [6, 6.07) is 6.97. The summed E-state index contributed by atoms with van der Waals surface area (Å²) in [4.78, 5) is 16.0. The number of benzene rings is 1. The van der Waals surface area contributed by atoms with Crippen molar-refractivity contribution in [1.82, 2.24) is 19.4 Å². The Bertz CT molecular complexity index is 1370. The summed E-state index contributed by atoms with van der Waals surface area (Å²) in [5.74, 6) is 1.02. The second-order valence-electron chi connectivity index (χ2n) is 9.22. The number of halogens is 2. The Hall–Kier alpha value is -3.03. The third kappa shape index (κ3) is 3.14. The molecule has 0 saturated carbocycles. The van der Waals surface area contributed by atoms with Gasteiger partial charge in [0.1, 0.15) is 17.2 Å². The molecule has 1 aliphatic heterocycles. The molecule has 0 radical (unpaired) electrons. The molecule has 6 nitrogen and oxygen atoms in total. The first kappa shape index (κ1) is 20.6. The zero-order valence-corrected chi connectivity index (χ0v) is 19.1. The number of fused-ring (bicyclic) bond motifs is 2. The number of rotatable bonds is 2. The predicted molar refractivity (Wildman–Crippen MR) is 127 cm³/mol. The predicted octanol–water partition coefficient (Wildman–Crippen LogP) is 4.73. The number of hydrogen-bond donors (Lipinski definition) is 1. The van der Waals surface area contributed by atoms with Crippen LogP contribution in [0.1, 0.15) is 35.7 Å². The van der Waals surface area contributed by atoms with Crippen LogP contribution < -0.4 is 10.6 Å². The van der Waals surface area contributed by atoms with E-state index >= 15 is 0 Å². The molecule has 1 spiro atoms. The lowest BCUT2D eigenvalue weighted by atomic mass is 9.73. The fourth-order valence-corrected chi connectivity index (χ4v) is 5.77. The Balaban J connectivity index is 1.30. The molecule has 2 aliphatic rings. The van der Waals surface area contributed by atoms with Crippen LogP contribution in [0.2, 0.25) is 5.02 Å². The Morgan fingerprint density at radius 2 is 1.97 bits per heavy atom. The number of nitrogens with zero attached hydrogens (tertiary/aromatic N) is 5. The highest BCUT2D eigenvalue weighted by Crippen LogP contribution is 2.51.